The van der Waals surface area contributed by atoms with Gasteiger partial charge in [0, 0.05) is 17.3 Å². The molecule has 1 saturated carbocycles. The van der Waals surface area contributed by atoms with Crippen LogP contribution in [0.5, 0.6) is 0 Å². The van der Waals surface area contributed by atoms with E-state index < -0.39 is 10.0 Å². The first kappa shape index (κ1) is 19.4. The average molecular weight is 387 g/mol. The summed E-state index contributed by atoms with van der Waals surface area (Å²) in [6.07, 6.45) is 4.40. The van der Waals surface area contributed by atoms with Crippen molar-refractivity contribution in [3.63, 3.8) is 0 Å². The minimum atomic E-state index is -3.76. The SMILES string of the molecule is Cc1cccc(NS(=O)(=O)c2cccc(C(=O)N[C@@H]3CCCC[C@H]3C)c2)c1. The first-order valence-electron chi connectivity index (χ1n) is 9.35. The van der Waals surface area contributed by atoms with Crippen LogP contribution in [0.15, 0.2) is 53.4 Å². The molecule has 0 unspecified atom stereocenters. The molecule has 2 atom stereocenters. The molecule has 1 aliphatic carbocycles. The number of carbonyl (C=O) groups excluding carboxylic acids is 1. The number of benzene rings is 2. The zero-order valence-electron chi connectivity index (χ0n) is 15.7. The molecule has 1 fully saturated rings. The molecule has 1 aliphatic rings. The van der Waals surface area contributed by atoms with Crippen molar-refractivity contribution in [2.24, 2.45) is 5.92 Å². The Morgan fingerprint density at radius 2 is 1.78 bits per heavy atom. The number of sulfonamides is 1. The summed E-state index contributed by atoms with van der Waals surface area (Å²) >= 11 is 0. The molecule has 0 bridgehead atoms. The topological polar surface area (TPSA) is 75.3 Å². The summed E-state index contributed by atoms with van der Waals surface area (Å²) in [7, 11) is -3.76. The summed E-state index contributed by atoms with van der Waals surface area (Å²) < 4.78 is 27.9. The minimum absolute atomic E-state index is 0.0772. The second-order valence-electron chi connectivity index (χ2n) is 7.34. The van der Waals surface area contributed by atoms with Gasteiger partial charge in [-0.15, -0.1) is 0 Å². The highest BCUT2D eigenvalue weighted by molar-refractivity contribution is 7.92. The number of nitrogens with one attached hydrogen (secondary N) is 2. The lowest BCUT2D eigenvalue weighted by Crippen LogP contribution is -2.41. The van der Waals surface area contributed by atoms with Crippen LogP contribution in [-0.4, -0.2) is 20.4 Å². The molecule has 6 heteroatoms. The van der Waals surface area contributed by atoms with Gasteiger partial charge in [-0.3, -0.25) is 9.52 Å². The summed E-state index contributed by atoms with van der Waals surface area (Å²) in [4.78, 5) is 12.7. The monoisotopic (exact) mass is 386 g/mol. The number of aryl methyl sites for hydroxylation is 1. The number of rotatable bonds is 5. The maximum absolute atomic E-state index is 12.7. The number of carbonyl (C=O) groups is 1. The van der Waals surface area contributed by atoms with Crippen LogP contribution in [0.2, 0.25) is 0 Å². The summed E-state index contributed by atoms with van der Waals surface area (Å²) in [5, 5.41) is 3.07. The summed E-state index contributed by atoms with van der Waals surface area (Å²) in [6, 6.07) is 13.5. The molecular formula is C21H26N2O3S. The van der Waals surface area contributed by atoms with Gasteiger partial charge in [-0.1, -0.05) is 38.0 Å². The molecule has 2 aromatic carbocycles. The van der Waals surface area contributed by atoms with Gasteiger partial charge in [0.2, 0.25) is 0 Å². The number of anilines is 1. The van der Waals surface area contributed by atoms with E-state index in [1.165, 1.54) is 18.6 Å². The third-order valence-electron chi connectivity index (χ3n) is 5.10. The lowest BCUT2D eigenvalue weighted by molar-refractivity contribution is 0.0910. The van der Waals surface area contributed by atoms with Crippen LogP contribution in [0.3, 0.4) is 0 Å². The standard InChI is InChI=1S/C21H26N2O3S/c1-15-7-5-10-18(13-15)23-27(25,26)19-11-6-9-17(14-19)21(24)22-20-12-4-3-8-16(20)2/h5-7,9-11,13-14,16,20,23H,3-4,8,12H2,1-2H3,(H,22,24)/t16-,20-/m1/s1. The van der Waals surface area contributed by atoms with Crippen molar-refractivity contribution in [3.8, 4) is 0 Å². The second-order valence-corrected chi connectivity index (χ2v) is 9.03. The third-order valence-corrected chi connectivity index (χ3v) is 6.48. The van der Waals surface area contributed by atoms with E-state index in [9.17, 15) is 13.2 Å². The molecule has 144 valence electrons. The maximum atomic E-state index is 12.7. The quantitative estimate of drug-likeness (QED) is 0.812. The third kappa shape index (κ3) is 4.89. The predicted molar refractivity (Wildman–Crippen MR) is 107 cm³/mol. The fourth-order valence-electron chi connectivity index (χ4n) is 3.51. The Bertz CT molecular complexity index is 925. The molecule has 0 heterocycles. The van der Waals surface area contributed by atoms with Gasteiger partial charge in [0.25, 0.3) is 15.9 Å². The largest absolute Gasteiger partial charge is 0.349 e. The maximum Gasteiger partial charge on any atom is 0.261 e. The molecule has 1 amide bonds. The van der Waals surface area contributed by atoms with E-state index in [1.807, 2.05) is 13.0 Å². The van der Waals surface area contributed by atoms with Crippen LogP contribution in [0.25, 0.3) is 0 Å². The van der Waals surface area contributed by atoms with E-state index in [2.05, 4.69) is 17.0 Å². The molecule has 0 spiro atoms. The Kier molecular flexibility index (Phi) is 5.85. The molecule has 0 aliphatic heterocycles. The Morgan fingerprint density at radius 1 is 1.04 bits per heavy atom. The second kappa shape index (κ2) is 8.13. The summed E-state index contributed by atoms with van der Waals surface area (Å²) in [5.41, 5.74) is 1.82. The van der Waals surface area contributed by atoms with E-state index in [-0.39, 0.29) is 16.8 Å². The van der Waals surface area contributed by atoms with Crippen molar-refractivity contribution in [2.45, 2.75) is 50.5 Å². The fraction of sp³-hybridized carbons (Fsp3) is 0.381. The minimum Gasteiger partial charge on any atom is -0.349 e. The van der Waals surface area contributed by atoms with Gasteiger partial charge in [0.1, 0.15) is 0 Å². The highest BCUT2D eigenvalue weighted by Crippen LogP contribution is 2.24. The van der Waals surface area contributed by atoms with Gasteiger partial charge in [-0.05, 0) is 61.6 Å². The lowest BCUT2D eigenvalue weighted by atomic mass is 9.86. The summed E-state index contributed by atoms with van der Waals surface area (Å²) in [5.74, 6) is 0.221. The van der Waals surface area contributed by atoms with Gasteiger partial charge in [0.15, 0.2) is 0 Å². The Hall–Kier alpha value is -2.34. The first-order chi connectivity index (χ1) is 12.8. The molecular weight excluding hydrogens is 360 g/mol. The van der Waals surface area contributed by atoms with E-state index in [4.69, 9.17) is 0 Å². The lowest BCUT2D eigenvalue weighted by Gasteiger charge is -2.29. The number of hydrogen-bond acceptors (Lipinski definition) is 3. The van der Waals surface area contributed by atoms with Crippen LogP contribution < -0.4 is 10.0 Å². The van der Waals surface area contributed by atoms with Gasteiger partial charge in [0.05, 0.1) is 4.90 Å². The molecule has 2 N–H and O–H groups in total. The van der Waals surface area contributed by atoms with Crippen molar-refractivity contribution in [3.05, 3.63) is 59.7 Å². The van der Waals surface area contributed by atoms with Crippen molar-refractivity contribution in [1.29, 1.82) is 0 Å². The Morgan fingerprint density at radius 3 is 2.52 bits per heavy atom. The van der Waals surface area contributed by atoms with Crippen molar-refractivity contribution in [2.75, 3.05) is 4.72 Å². The molecule has 3 rings (SSSR count). The molecule has 0 aromatic heterocycles. The average Bonchev–Trinajstić information content (AvgIpc) is 2.63. The van der Waals surface area contributed by atoms with Crippen LogP contribution in [0.4, 0.5) is 5.69 Å². The molecule has 5 nitrogen and oxygen atoms in total. The van der Waals surface area contributed by atoms with Crippen LogP contribution in [0, 0.1) is 12.8 Å². The zero-order chi connectivity index (χ0) is 19.4. The fourth-order valence-corrected chi connectivity index (χ4v) is 4.60. The van der Waals surface area contributed by atoms with Crippen LogP contribution in [-0.2, 0) is 10.0 Å². The van der Waals surface area contributed by atoms with Gasteiger partial charge >= 0.3 is 0 Å². The van der Waals surface area contributed by atoms with Crippen LogP contribution in [0.1, 0.15) is 48.5 Å². The molecule has 27 heavy (non-hydrogen) atoms. The highest BCUT2D eigenvalue weighted by atomic mass is 32.2. The van der Waals surface area contributed by atoms with E-state index in [0.29, 0.717) is 17.2 Å². The number of amides is 1. The van der Waals surface area contributed by atoms with Gasteiger partial charge in [-0.25, -0.2) is 8.42 Å². The molecule has 0 saturated heterocycles. The van der Waals surface area contributed by atoms with E-state index >= 15 is 0 Å². The molecule has 2 aromatic rings. The van der Waals surface area contributed by atoms with Gasteiger partial charge < -0.3 is 5.32 Å². The van der Waals surface area contributed by atoms with Crippen LogP contribution >= 0.6 is 0 Å². The van der Waals surface area contributed by atoms with Gasteiger partial charge in [-0.2, -0.15) is 0 Å². The smallest absolute Gasteiger partial charge is 0.261 e. The van der Waals surface area contributed by atoms with Crippen molar-refractivity contribution in [1.82, 2.24) is 5.32 Å². The normalized spacial score (nSPS) is 20.1. The molecule has 0 radical (unpaired) electrons. The first-order valence-corrected chi connectivity index (χ1v) is 10.8. The highest BCUT2D eigenvalue weighted by Gasteiger charge is 2.24. The van der Waals surface area contributed by atoms with E-state index in [1.54, 1.807) is 30.3 Å². The van der Waals surface area contributed by atoms with Crippen molar-refractivity contribution >= 4 is 21.6 Å². The Balaban J connectivity index is 1.76. The Labute approximate surface area is 161 Å². The zero-order valence-corrected chi connectivity index (χ0v) is 16.6. The summed E-state index contributed by atoms with van der Waals surface area (Å²) in [6.45, 7) is 4.05. The van der Waals surface area contributed by atoms with Crippen molar-refractivity contribution < 1.29 is 13.2 Å². The number of hydrogen-bond donors (Lipinski definition) is 2. The van der Waals surface area contributed by atoms with E-state index in [0.717, 1.165) is 24.8 Å². The predicted octanol–water partition coefficient (Wildman–Crippen LogP) is 4.10.